The molecule has 9 nitrogen and oxygen atoms in total. The Balaban J connectivity index is 1.40. The van der Waals surface area contributed by atoms with Crippen LogP contribution in [0.2, 0.25) is 0 Å². The third kappa shape index (κ3) is 4.96. The van der Waals surface area contributed by atoms with Crippen molar-refractivity contribution in [3.05, 3.63) is 23.4 Å². The van der Waals surface area contributed by atoms with E-state index in [9.17, 15) is 13.2 Å². The van der Waals surface area contributed by atoms with Gasteiger partial charge in [-0.05, 0) is 69.4 Å². The summed E-state index contributed by atoms with van der Waals surface area (Å²) >= 11 is 0. The van der Waals surface area contributed by atoms with Crippen molar-refractivity contribution < 1.29 is 27.4 Å². The quantitative estimate of drug-likeness (QED) is 0.685. The highest BCUT2D eigenvalue weighted by atomic mass is 32.2. The second-order valence-corrected chi connectivity index (χ2v) is 12.0. The second-order valence-electron chi connectivity index (χ2n) is 9.99. The minimum Gasteiger partial charge on any atom is -0.467 e. The van der Waals surface area contributed by atoms with Crippen molar-refractivity contribution in [1.29, 1.82) is 0 Å². The lowest BCUT2D eigenvalue weighted by molar-refractivity contribution is -0.140. The molecule has 34 heavy (non-hydrogen) atoms. The third-order valence-electron chi connectivity index (χ3n) is 7.83. The first-order valence-electron chi connectivity index (χ1n) is 12.5. The van der Waals surface area contributed by atoms with Crippen molar-refractivity contribution >= 4 is 15.9 Å². The van der Waals surface area contributed by atoms with Crippen LogP contribution in [0.4, 0.5) is 0 Å². The van der Waals surface area contributed by atoms with Gasteiger partial charge >= 0.3 is 0 Å². The average molecular weight is 494 g/mol. The Kier molecular flexibility index (Phi) is 7.11. The van der Waals surface area contributed by atoms with Gasteiger partial charge in [0.05, 0.1) is 25.4 Å². The first kappa shape index (κ1) is 24.0. The molecule has 2 saturated heterocycles. The maximum Gasteiger partial charge on any atom is 0.260 e. The first-order chi connectivity index (χ1) is 16.4. The van der Waals surface area contributed by atoms with Gasteiger partial charge in [0.1, 0.15) is 5.25 Å². The number of pyridine rings is 1. The number of nitrogens with zero attached hydrogens (tertiary/aromatic N) is 2. The molecule has 1 amide bonds. The molecule has 10 heteroatoms. The van der Waals surface area contributed by atoms with Crippen LogP contribution in [-0.2, 0) is 24.3 Å². The SMILES string of the molecule is Cc1ccnc2c1C1CCC(CC1)OC[C@H]1[C@@H](NS(=O)(=O)C3CCOC3)CCCN1C(=O)CO2. The number of aryl methyl sites for hydroxylation is 1. The van der Waals surface area contributed by atoms with E-state index in [-0.39, 0.29) is 31.3 Å². The number of hydrogen-bond acceptors (Lipinski definition) is 7. The number of rotatable bonds is 3. The summed E-state index contributed by atoms with van der Waals surface area (Å²) in [7, 11) is -3.55. The normalized spacial score (nSPS) is 32.7. The van der Waals surface area contributed by atoms with Gasteiger partial charge in [-0.25, -0.2) is 18.1 Å². The molecule has 5 aliphatic rings. The number of ether oxygens (including phenoxy) is 3. The summed E-state index contributed by atoms with van der Waals surface area (Å²) in [5.74, 6) is 0.724. The van der Waals surface area contributed by atoms with Gasteiger partial charge in [-0.15, -0.1) is 0 Å². The smallest absolute Gasteiger partial charge is 0.260 e. The van der Waals surface area contributed by atoms with Crippen LogP contribution in [0, 0.1) is 6.92 Å². The number of fused-ring (bicyclic) bond motifs is 5. The molecular formula is C24H35N3O6S. The lowest BCUT2D eigenvalue weighted by Crippen LogP contribution is -2.60. The van der Waals surface area contributed by atoms with Crippen LogP contribution in [0.25, 0.3) is 0 Å². The van der Waals surface area contributed by atoms with Gasteiger partial charge in [0.25, 0.3) is 5.91 Å². The van der Waals surface area contributed by atoms with E-state index < -0.39 is 21.3 Å². The Bertz CT molecular complexity index is 988. The minimum absolute atomic E-state index is 0.109. The number of sulfonamides is 1. The van der Waals surface area contributed by atoms with E-state index in [1.807, 2.05) is 6.07 Å². The van der Waals surface area contributed by atoms with Gasteiger partial charge in [-0.1, -0.05) is 0 Å². The maximum absolute atomic E-state index is 13.3. The molecule has 2 bridgehead atoms. The van der Waals surface area contributed by atoms with Crippen LogP contribution >= 0.6 is 0 Å². The molecule has 1 unspecified atom stereocenters. The molecule has 1 aromatic heterocycles. The summed E-state index contributed by atoms with van der Waals surface area (Å²) in [6, 6.07) is 1.24. The van der Waals surface area contributed by atoms with E-state index in [4.69, 9.17) is 14.2 Å². The summed E-state index contributed by atoms with van der Waals surface area (Å²) in [6.45, 7) is 3.50. The van der Waals surface area contributed by atoms with Crippen LogP contribution in [0.15, 0.2) is 12.3 Å². The highest BCUT2D eigenvalue weighted by molar-refractivity contribution is 7.90. The van der Waals surface area contributed by atoms with Gasteiger partial charge in [0, 0.05) is 31.0 Å². The zero-order valence-electron chi connectivity index (χ0n) is 19.8. The van der Waals surface area contributed by atoms with Gasteiger partial charge < -0.3 is 19.1 Å². The van der Waals surface area contributed by atoms with Crippen molar-refractivity contribution in [2.75, 3.05) is 33.0 Å². The summed E-state index contributed by atoms with van der Waals surface area (Å²) < 4.78 is 46.6. The predicted molar refractivity (Wildman–Crippen MR) is 125 cm³/mol. The monoisotopic (exact) mass is 493 g/mol. The molecule has 3 fully saturated rings. The van der Waals surface area contributed by atoms with Crippen LogP contribution in [0.5, 0.6) is 5.88 Å². The van der Waals surface area contributed by atoms with Crippen molar-refractivity contribution in [1.82, 2.24) is 14.6 Å². The van der Waals surface area contributed by atoms with E-state index >= 15 is 0 Å². The van der Waals surface area contributed by atoms with E-state index in [1.54, 1.807) is 11.1 Å². The van der Waals surface area contributed by atoms with Gasteiger partial charge in [-0.3, -0.25) is 4.79 Å². The molecule has 1 aliphatic carbocycles. The fourth-order valence-electron chi connectivity index (χ4n) is 5.90. The number of hydrogen-bond donors (Lipinski definition) is 1. The van der Waals surface area contributed by atoms with Crippen molar-refractivity contribution in [3.63, 3.8) is 0 Å². The summed E-state index contributed by atoms with van der Waals surface area (Å²) in [4.78, 5) is 19.5. The molecule has 5 heterocycles. The summed E-state index contributed by atoms with van der Waals surface area (Å²) in [6.07, 6.45) is 7.53. The van der Waals surface area contributed by atoms with Gasteiger partial charge in [0.2, 0.25) is 15.9 Å². The number of aromatic nitrogens is 1. The van der Waals surface area contributed by atoms with E-state index in [1.165, 1.54) is 0 Å². The highest BCUT2D eigenvalue weighted by Crippen LogP contribution is 2.39. The van der Waals surface area contributed by atoms with Crippen molar-refractivity contribution in [2.45, 2.75) is 81.2 Å². The Morgan fingerprint density at radius 1 is 1.12 bits per heavy atom. The first-order valence-corrected chi connectivity index (χ1v) is 14.1. The Morgan fingerprint density at radius 3 is 2.71 bits per heavy atom. The lowest BCUT2D eigenvalue weighted by atomic mass is 9.81. The average Bonchev–Trinajstić information content (AvgIpc) is 3.38. The number of carbonyl (C=O) groups is 1. The number of nitrogens with one attached hydrogen (secondary N) is 1. The Hall–Kier alpha value is -1.75. The van der Waals surface area contributed by atoms with Crippen LogP contribution in [0.3, 0.4) is 0 Å². The Morgan fingerprint density at radius 2 is 1.94 bits per heavy atom. The maximum atomic E-state index is 13.3. The van der Waals surface area contributed by atoms with E-state index in [0.717, 1.165) is 43.2 Å². The lowest BCUT2D eigenvalue weighted by Gasteiger charge is -2.42. The third-order valence-corrected chi connectivity index (χ3v) is 9.71. The molecule has 1 N–H and O–H groups in total. The van der Waals surface area contributed by atoms with E-state index in [2.05, 4.69) is 16.6 Å². The topological polar surface area (TPSA) is 107 Å². The van der Waals surface area contributed by atoms with Crippen LogP contribution in [-0.4, -0.2) is 80.6 Å². The zero-order valence-corrected chi connectivity index (χ0v) is 20.6. The van der Waals surface area contributed by atoms with E-state index in [0.29, 0.717) is 44.4 Å². The largest absolute Gasteiger partial charge is 0.467 e. The van der Waals surface area contributed by atoms with Crippen LogP contribution < -0.4 is 9.46 Å². The molecule has 188 valence electrons. The molecule has 0 radical (unpaired) electrons. The molecule has 3 atom stereocenters. The molecule has 1 saturated carbocycles. The molecule has 0 spiro atoms. The summed E-state index contributed by atoms with van der Waals surface area (Å²) in [5.41, 5.74) is 2.24. The van der Waals surface area contributed by atoms with Crippen molar-refractivity contribution in [3.8, 4) is 5.88 Å². The number of amides is 1. The standard InChI is InChI=1S/C24H35N3O6S/c1-16-8-10-25-24-23(16)17-4-6-18(7-5-17)32-14-21-20(3-2-11-27(21)22(28)15-33-24)26-34(29,30)19-9-12-31-13-19/h8,10,17-21,26H,2-7,9,11-15H2,1H3/t17?,18?,19?,20-,21-/m0/s1. The zero-order chi connectivity index (χ0) is 23.7. The molecule has 6 rings (SSSR count). The molecule has 1 aromatic rings. The highest BCUT2D eigenvalue weighted by Gasteiger charge is 2.40. The second kappa shape index (κ2) is 10.1. The minimum atomic E-state index is -3.55. The Labute approximate surface area is 201 Å². The fourth-order valence-corrected chi connectivity index (χ4v) is 7.47. The molecule has 4 aliphatic heterocycles. The van der Waals surface area contributed by atoms with Crippen LogP contribution in [0.1, 0.15) is 62.0 Å². The molecular weight excluding hydrogens is 458 g/mol. The number of piperidine rings is 1. The van der Waals surface area contributed by atoms with Gasteiger partial charge in [-0.2, -0.15) is 0 Å². The van der Waals surface area contributed by atoms with Crippen molar-refractivity contribution in [2.24, 2.45) is 0 Å². The predicted octanol–water partition coefficient (Wildman–Crippen LogP) is 1.89. The molecule has 0 aromatic carbocycles. The fraction of sp³-hybridized carbons (Fsp3) is 0.750. The van der Waals surface area contributed by atoms with Gasteiger partial charge in [0.15, 0.2) is 6.61 Å². The number of carbonyl (C=O) groups excluding carboxylic acids is 1. The summed E-state index contributed by atoms with van der Waals surface area (Å²) in [5, 5.41) is -0.543.